The summed E-state index contributed by atoms with van der Waals surface area (Å²) in [5.41, 5.74) is 1.40. The molecule has 0 spiro atoms. The number of benzene rings is 1. The van der Waals surface area contributed by atoms with E-state index in [1.54, 1.807) is 0 Å². The van der Waals surface area contributed by atoms with Crippen molar-refractivity contribution in [1.82, 2.24) is 10.2 Å². The first kappa shape index (κ1) is 12.7. The molecule has 2 unspecified atom stereocenters. The number of nitrogens with one attached hydrogen (secondary N) is 1. The van der Waals surface area contributed by atoms with Crippen LogP contribution in [-0.2, 0) is 0 Å². The second-order valence-electron chi connectivity index (χ2n) is 6.05. The molecular weight excluding hydrogens is 266 g/mol. The summed E-state index contributed by atoms with van der Waals surface area (Å²) in [4.78, 5) is 7.31. The minimum absolute atomic E-state index is 0.500. The molecule has 4 aliphatic heterocycles. The van der Waals surface area contributed by atoms with E-state index >= 15 is 0 Å². The normalized spacial score (nSPS) is 35.9. The summed E-state index contributed by atoms with van der Waals surface area (Å²) in [6.07, 6.45) is 2.72. The Balaban J connectivity index is 1.37. The van der Waals surface area contributed by atoms with Gasteiger partial charge in [-0.25, -0.2) is 0 Å². The van der Waals surface area contributed by atoms with Crippen molar-refractivity contribution in [1.29, 1.82) is 0 Å². The van der Waals surface area contributed by atoms with Gasteiger partial charge in [0.25, 0.3) is 0 Å². The molecular formula is C16H21N3S. The molecule has 0 amide bonds. The van der Waals surface area contributed by atoms with Gasteiger partial charge in [-0.05, 0) is 37.4 Å². The maximum absolute atomic E-state index is 4.72. The van der Waals surface area contributed by atoms with Crippen LogP contribution in [-0.4, -0.2) is 42.3 Å². The molecule has 0 radical (unpaired) electrons. The minimum Gasteiger partial charge on any atom is -0.361 e. The highest BCUT2D eigenvalue weighted by atomic mass is 32.2. The highest BCUT2D eigenvalue weighted by Gasteiger charge is 2.35. The van der Waals surface area contributed by atoms with E-state index in [0.29, 0.717) is 11.3 Å². The Morgan fingerprint density at radius 1 is 1.15 bits per heavy atom. The third-order valence-corrected chi connectivity index (χ3v) is 5.97. The minimum atomic E-state index is 0.500. The Morgan fingerprint density at radius 2 is 1.95 bits per heavy atom. The van der Waals surface area contributed by atoms with Crippen LogP contribution < -0.4 is 5.32 Å². The fourth-order valence-electron chi connectivity index (χ4n) is 3.58. The van der Waals surface area contributed by atoms with Gasteiger partial charge in [-0.1, -0.05) is 42.1 Å². The van der Waals surface area contributed by atoms with Gasteiger partial charge in [0, 0.05) is 12.6 Å². The number of hydrogen-bond acceptors (Lipinski definition) is 4. The van der Waals surface area contributed by atoms with Gasteiger partial charge in [0.1, 0.15) is 0 Å². The Kier molecular flexibility index (Phi) is 3.44. The van der Waals surface area contributed by atoms with E-state index in [-0.39, 0.29) is 0 Å². The molecule has 5 rings (SSSR count). The van der Waals surface area contributed by atoms with Gasteiger partial charge >= 0.3 is 0 Å². The lowest BCUT2D eigenvalue weighted by Crippen LogP contribution is -2.56. The number of rotatable bonds is 2. The topological polar surface area (TPSA) is 27.6 Å². The molecule has 3 nitrogen and oxygen atoms in total. The molecule has 4 aliphatic rings. The molecule has 4 heteroatoms. The number of hydrogen-bond donors (Lipinski definition) is 1. The van der Waals surface area contributed by atoms with Crippen molar-refractivity contribution >= 4 is 16.9 Å². The van der Waals surface area contributed by atoms with Gasteiger partial charge in [0.2, 0.25) is 0 Å². The Bertz CT molecular complexity index is 494. The maximum Gasteiger partial charge on any atom is 0.157 e. The number of piperidine rings is 3. The lowest BCUT2D eigenvalue weighted by atomic mass is 9.84. The van der Waals surface area contributed by atoms with Gasteiger partial charge < -0.3 is 10.2 Å². The van der Waals surface area contributed by atoms with Gasteiger partial charge in [-0.15, -0.1) is 0 Å². The Labute approximate surface area is 124 Å². The van der Waals surface area contributed by atoms with Gasteiger partial charge in [-0.2, -0.15) is 0 Å². The van der Waals surface area contributed by atoms with E-state index < -0.39 is 0 Å². The summed E-state index contributed by atoms with van der Waals surface area (Å²) in [6.45, 7) is 4.72. The van der Waals surface area contributed by atoms with Crippen LogP contribution in [0.25, 0.3) is 0 Å². The molecule has 2 bridgehead atoms. The van der Waals surface area contributed by atoms with Gasteiger partial charge in [-0.3, -0.25) is 4.99 Å². The van der Waals surface area contributed by atoms with Crippen LogP contribution in [0.3, 0.4) is 0 Å². The van der Waals surface area contributed by atoms with Crippen molar-refractivity contribution in [3.8, 4) is 0 Å². The average molecular weight is 287 g/mol. The van der Waals surface area contributed by atoms with Crippen LogP contribution in [0.1, 0.15) is 23.7 Å². The molecule has 3 fully saturated rings. The zero-order chi connectivity index (χ0) is 13.4. The van der Waals surface area contributed by atoms with E-state index in [4.69, 9.17) is 4.99 Å². The fourth-order valence-corrected chi connectivity index (χ4v) is 4.66. The van der Waals surface area contributed by atoms with Crippen molar-refractivity contribution in [3.05, 3.63) is 35.9 Å². The Morgan fingerprint density at radius 3 is 2.65 bits per heavy atom. The van der Waals surface area contributed by atoms with E-state index in [1.165, 1.54) is 38.0 Å². The van der Waals surface area contributed by atoms with Crippen molar-refractivity contribution in [2.75, 3.05) is 26.2 Å². The predicted molar refractivity (Wildman–Crippen MR) is 85.2 cm³/mol. The monoisotopic (exact) mass is 287 g/mol. The largest absolute Gasteiger partial charge is 0.361 e. The summed E-state index contributed by atoms with van der Waals surface area (Å²) in [5, 5.41) is 5.38. The van der Waals surface area contributed by atoms with Gasteiger partial charge in [0.15, 0.2) is 5.17 Å². The summed E-state index contributed by atoms with van der Waals surface area (Å²) < 4.78 is 0. The molecule has 0 aromatic heterocycles. The zero-order valence-corrected chi connectivity index (χ0v) is 12.5. The van der Waals surface area contributed by atoms with E-state index in [2.05, 4.69) is 40.5 Å². The molecule has 4 heterocycles. The molecule has 3 saturated heterocycles. The number of aliphatic imine (C=N–C) groups is 1. The summed E-state index contributed by atoms with van der Waals surface area (Å²) in [6, 6.07) is 11.4. The number of nitrogens with zero attached hydrogens (tertiary/aromatic N) is 2. The van der Waals surface area contributed by atoms with Crippen LogP contribution in [0.2, 0.25) is 0 Å². The number of amidine groups is 1. The molecule has 0 saturated carbocycles. The predicted octanol–water partition coefficient (Wildman–Crippen LogP) is 2.51. The van der Waals surface area contributed by atoms with Crippen LogP contribution in [0.5, 0.6) is 0 Å². The summed E-state index contributed by atoms with van der Waals surface area (Å²) in [7, 11) is 0. The first-order chi connectivity index (χ1) is 9.88. The number of thioether (sulfide) groups is 1. The van der Waals surface area contributed by atoms with E-state index in [0.717, 1.165) is 17.6 Å². The maximum atomic E-state index is 4.72. The molecule has 106 valence electrons. The third-order valence-electron chi connectivity index (χ3n) is 4.79. The first-order valence-electron chi connectivity index (χ1n) is 7.63. The quantitative estimate of drug-likeness (QED) is 0.906. The lowest BCUT2D eigenvalue weighted by molar-refractivity contribution is 0.0816. The summed E-state index contributed by atoms with van der Waals surface area (Å²) in [5.74, 6) is 0.860. The van der Waals surface area contributed by atoms with Crippen LogP contribution >= 0.6 is 11.8 Å². The average Bonchev–Trinajstić information content (AvgIpc) is 2.98. The lowest BCUT2D eigenvalue weighted by Gasteiger charge is -2.45. The second-order valence-corrected chi connectivity index (χ2v) is 7.24. The zero-order valence-electron chi connectivity index (χ0n) is 11.7. The van der Waals surface area contributed by atoms with E-state index in [1.807, 2.05) is 11.8 Å². The van der Waals surface area contributed by atoms with Crippen molar-refractivity contribution in [2.24, 2.45) is 10.9 Å². The molecule has 2 atom stereocenters. The highest BCUT2D eigenvalue weighted by Crippen LogP contribution is 2.35. The Hall–Kier alpha value is -1.00. The standard InChI is InChI=1S/C16H21N3S/c1-2-4-13(5-3-1)15-10-17-16(20-15)18-14-11-19-8-6-12(14)7-9-19/h1-5,12,14-15H,6-11H2,(H,17,18). The molecule has 1 N–H and O–H groups in total. The highest BCUT2D eigenvalue weighted by molar-refractivity contribution is 8.14. The number of fused-ring (bicyclic) bond motifs is 3. The smallest absolute Gasteiger partial charge is 0.157 e. The molecule has 20 heavy (non-hydrogen) atoms. The molecule has 1 aromatic carbocycles. The molecule has 1 aromatic rings. The molecule has 0 aliphatic carbocycles. The van der Waals surface area contributed by atoms with Crippen molar-refractivity contribution in [2.45, 2.75) is 24.1 Å². The summed E-state index contributed by atoms with van der Waals surface area (Å²) >= 11 is 1.91. The third kappa shape index (κ3) is 2.47. The first-order valence-corrected chi connectivity index (χ1v) is 8.51. The van der Waals surface area contributed by atoms with Crippen molar-refractivity contribution in [3.63, 3.8) is 0 Å². The second kappa shape index (κ2) is 5.41. The van der Waals surface area contributed by atoms with E-state index in [9.17, 15) is 0 Å². The van der Waals surface area contributed by atoms with Crippen LogP contribution in [0.15, 0.2) is 35.3 Å². The van der Waals surface area contributed by atoms with Crippen LogP contribution in [0.4, 0.5) is 0 Å². The van der Waals surface area contributed by atoms with Gasteiger partial charge in [0.05, 0.1) is 11.8 Å². The van der Waals surface area contributed by atoms with Crippen molar-refractivity contribution < 1.29 is 0 Å². The fraction of sp³-hybridized carbons (Fsp3) is 0.562. The van der Waals surface area contributed by atoms with Crippen LogP contribution in [0, 0.1) is 5.92 Å². The SMILES string of the molecule is c1ccc(C2CN=C(NC3CN4CCC3CC4)S2)cc1.